The Morgan fingerprint density at radius 2 is 1.73 bits per heavy atom. The standard InChI is InChI=1S/C17H14F4N2O3/c18-14-3-1-2-13(10-14)11-22(16(24)17(19,20)21)9-8-12-4-6-15(7-5-12)23(25)26/h1-7,10H,8-9,11H2. The summed E-state index contributed by atoms with van der Waals surface area (Å²) in [4.78, 5) is 22.2. The number of non-ortho nitro benzene ring substituents is 1. The van der Waals surface area contributed by atoms with Gasteiger partial charge in [-0.25, -0.2) is 4.39 Å². The number of alkyl halides is 3. The summed E-state index contributed by atoms with van der Waals surface area (Å²) in [6.45, 7) is -0.671. The van der Waals surface area contributed by atoms with Crippen LogP contribution in [0.3, 0.4) is 0 Å². The second-order valence-electron chi connectivity index (χ2n) is 5.53. The van der Waals surface area contributed by atoms with Crippen LogP contribution in [-0.2, 0) is 17.8 Å². The highest BCUT2D eigenvalue weighted by Gasteiger charge is 2.42. The fraction of sp³-hybridized carbons (Fsp3) is 0.235. The summed E-state index contributed by atoms with van der Waals surface area (Å²) >= 11 is 0. The molecule has 0 saturated carbocycles. The monoisotopic (exact) mass is 370 g/mol. The Hall–Kier alpha value is -2.97. The minimum atomic E-state index is -5.05. The average Bonchev–Trinajstić information content (AvgIpc) is 2.57. The van der Waals surface area contributed by atoms with Crippen molar-refractivity contribution in [1.82, 2.24) is 4.90 Å². The van der Waals surface area contributed by atoms with E-state index < -0.39 is 29.4 Å². The number of carbonyl (C=O) groups is 1. The summed E-state index contributed by atoms with van der Waals surface area (Å²) in [5, 5.41) is 10.6. The van der Waals surface area contributed by atoms with E-state index in [1.165, 1.54) is 36.4 Å². The smallest absolute Gasteiger partial charge is 0.330 e. The van der Waals surface area contributed by atoms with E-state index in [4.69, 9.17) is 0 Å². The fourth-order valence-corrected chi connectivity index (χ4v) is 2.34. The lowest BCUT2D eigenvalue weighted by molar-refractivity contribution is -0.384. The highest BCUT2D eigenvalue weighted by atomic mass is 19.4. The lowest BCUT2D eigenvalue weighted by Crippen LogP contribution is -2.41. The van der Waals surface area contributed by atoms with Gasteiger partial charge in [0, 0.05) is 25.2 Å². The van der Waals surface area contributed by atoms with E-state index >= 15 is 0 Å². The molecule has 26 heavy (non-hydrogen) atoms. The first-order chi connectivity index (χ1) is 12.2. The van der Waals surface area contributed by atoms with Crippen molar-refractivity contribution in [3.8, 4) is 0 Å². The van der Waals surface area contributed by atoms with Crippen molar-refractivity contribution in [2.75, 3.05) is 6.54 Å². The maximum atomic E-state index is 13.2. The normalized spacial score (nSPS) is 11.2. The number of rotatable bonds is 6. The largest absolute Gasteiger partial charge is 0.471 e. The third-order valence-electron chi connectivity index (χ3n) is 3.61. The van der Waals surface area contributed by atoms with E-state index in [-0.39, 0.29) is 24.2 Å². The van der Waals surface area contributed by atoms with Crippen LogP contribution in [0.2, 0.25) is 0 Å². The Bertz CT molecular complexity index is 791. The topological polar surface area (TPSA) is 63.5 Å². The van der Waals surface area contributed by atoms with Gasteiger partial charge in [0.05, 0.1) is 4.92 Å². The number of hydrogen-bond acceptors (Lipinski definition) is 3. The zero-order valence-corrected chi connectivity index (χ0v) is 13.4. The van der Waals surface area contributed by atoms with Crippen molar-refractivity contribution in [2.24, 2.45) is 0 Å². The zero-order chi connectivity index (χ0) is 19.3. The van der Waals surface area contributed by atoms with Crippen molar-refractivity contribution >= 4 is 11.6 Å². The summed E-state index contributed by atoms with van der Waals surface area (Å²) in [7, 11) is 0. The van der Waals surface area contributed by atoms with Crippen molar-refractivity contribution in [1.29, 1.82) is 0 Å². The van der Waals surface area contributed by atoms with Crippen LogP contribution in [-0.4, -0.2) is 28.5 Å². The number of nitrogens with zero attached hydrogens (tertiary/aromatic N) is 2. The number of halogens is 4. The summed E-state index contributed by atoms with van der Waals surface area (Å²) < 4.78 is 51.7. The molecule has 2 rings (SSSR count). The molecule has 138 valence electrons. The Morgan fingerprint density at radius 1 is 1.08 bits per heavy atom. The minimum Gasteiger partial charge on any atom is -0.330 e. The van der Waals surface area contributed by atoms with Gasteiger partial charge < -0.3 is 4.90 Å². The van der Waals surface area contributed by atoms with E-state index in [1.54, 1.807) is 0 Å². The van der Waals surface area contributed by atoms with Gasteiger partial charge >= 0.3 is 12.1 Å². The Labute approximate surface area is 146 Å². The summed E-state index contributed by atoms with van der Waals surface area (Å²) in [6.07, 6.45) is -4.99. The van der Waals surface area contributed by atoms with Crippen LogP contribution >= 0.6 is 0 Å². The number of nitro benzene ring substituents is 1. The second kappa shape index (κ2) is 7.94. The van der Waals surface area contributed by atoms with E-state index in [0.29, 0.717) is 10.5 Å². The molecule has 9 heteroatoms. The number of benzene rings is 2. The first-order valence-corrected chi connectivity index (χ1v) is 7.50. The van der Waals surface area contributed by atoms with E-state index in [0.717, 1.165) is 12.1 Å². The number of hydrogen-bond donors (Lipinski definition) is 0. The average molecular weight is 370 g/mol. The van der Waals surface area contributed by atoms with E-state index in [1.807, 2.05) is 0 Å². The van der Waals surface area contributed by atoms with Gasteiger partial charge in [-0.3, -0.25) is 14.9 Å². The molecule has 0 atom stereocenters. The van der Waals surface area contributed by atoms with Gasteiger partial charge in [0.1, 0.15) is 5.82 Å². The Balaban J connectivity index is 2.13. The SMILES string of the molecule is O=C(N(CCc1ccc([N+](=O)[O-])cc1)Cc1cccc(F)c1)C(F)(F)F. The summed E-state index contributed by atoms with van der Waals surface area (Å²) in [6, 6.07) is 10.3. The molecule has 1 amide bonds. The first kappa shape index (κ1) is 19.4. The lowest BCUT2D eigenvalue weighted by atomic mass is 10.1. The maximum Gasteiger partial charge on any atom is 0.471 e. The molecule has 0 aromatic heterocycles. The van der Waals surface area contributed by atoms with Gasteiger partial charge in [0.25, 0.3) is 5.69 Å². The lowest BCUT2D eigenvalue weighted by Gasteiger charge is -2.24. The number of carbonyl (C=O) groups excluding carboxylic acids is 1. The third-order valence-corrected chi connectivity index (χ3v) is 3.61. The molecule has 0 N–H and O–H groups in total. The molecule has 2 aromatic rings. The highest BCUT2D eigenvalue weighted by molar-refractivity contribution is 5.81. The van der Waals surface area contributed by atoms with Gasteiger partial charge in [-0.2, -0.15) is 13.2 Å². The first-order valence-electron chi connectivity index (χ1n) is 7.50. The molecule has 5 nitrogen and oxygen atoms in total. The molecule has 0 bridgehead atoms. The van der Waals surface area contributed by atoms with Crippen LogP contribution in [0.4, 0.5) is 23.2 Å². The molecule has 0 spiro atoms. The van der Waals surface area contributed by atoms with E-state index in [9.17, 15) is 32.5 Å². The van der Waals surface area contributed by atoms with Gasteiger partial charge in [-0.1, -0.05) is 24.3 Å². The number of amides is 1. The predicted octanol–water partition coefficient (Wildman–Crippen LogP) is 3.87. The molecule has 0 fully saturated rings. The van der Waals surface area contributed by atoms with Gasteiger partial charge in [0.2, 0.25) is 0 Å². The van der Waals surface area contributed by atoms with Gasteiger partial charge in [-0.05, 0) is 29.7 Å². The quantitative estimate of drug-likeness (QED) is 0.441. The van der Waals surface area contributed by atoms with Crippen molar-refractivity contribution in [3.05, 3.63) is 75.6 Å². The summed E-state index contributed by atoms with van der Waals surface area (Å²) in [5.74, 6) is -2.64. The van der Waals surface area contributed by atoms with Crippen molar-refractivity contribution in [2.45, 2.75) is 19.1 Å². The molecule has 0 aliphatic rings. The van der Waals surface area contributed by atoms with Crippen LogP contribution in [0.15, 0.2) is 48.5 Å². The Kier molecular flexibility index (Phi) is 5.91. The Morgan fingerprint density at radius 3 is 2.27 bits per heavy atom. The van der Waals surface area contributed by atoms with Crippen LogP contribution in [0.5, 0.6) is 0 Å². The van der Waals surface area contributed by atoms with Crippen molar-refractivity contribution in [3.63, 3.8) is 0 Å². The van der Waals surface area contributed by atoms with Crippen LogP contribution in [0, 0.1) is 15.9 Å². The van der Waals surface area contributed by atoms with Crippen LogP contribution < -0.4 is 0 Å². The zero-order valence-electron chi connectivity index (χ0n) is 13.4. The maximum absolute atomic E-state index is 13.2. The molecule has 2 aromatic carbocycles. The molecule has 0 radical (unpaired) electrons. The molecule has 0 aliphatic heterocycles. The van der Waals surface area contributed by atoms with Crippen molar-refractivity contribution < 1.29 is 27.3 Å². The molecular formula is C17H14F4N2O3. The van der Waals surface area contributed by atoms with Crippen LogP contribution in [0.1, 0.15) is 11.1 Å². The van der Waals surface area contributed by atoms with Crippen LogP contribution in [0.25, 0.3) is 0 Å². The minimum absolute atomic E-state index is 0.0646. The third kappa shape index (κ3) is 5.27. The number of nitro groups is 1. The summed E-state index contributed by atoms with van der Waals surface area (Å²) in [5.41, 5.74) is 0.623. The molecule has 0 aliphatic carbocycles. The van der Waals surface area contributed by atoms with E-state index in [2.05, 4.69) is 0 Å². The molecule has 0 heterocycles. The molecule has 0 unspecified atom stereocenters. The van der Waals surface area contributed by atoms with Gasteiger partial charge in [0.15, 0.2) is 0 Å². The highest BCUT2D eigenvalue weighted by Crippen LogP contribution is 2.21. The molecular weight excluding hydrogens is 356 g/mol. The second-order valence-corrected chi connectivity index (χ2v) is 5.53. The molecule has 0 saturated heterocycles. The fourth-order valence-electron chi connectivity index (χ4n) is 2.34. The predicted molar refractivity (Wildman–Crippen MR) is 84.7 cm³/mol. The van der Waals surface area contributed by atoms with Gasteiger partial charge in [-0.15, -0.1) is 0 Å².